The zero-order chi connectivity index (χ0) is 28.0. The molecule has 4 rings (SSSR count). The number of Topliss-reactive ketones (excluding diaryl/α,β-unsaturated/α-hetero) is 1. The highest BCUT2D eigenvalue weighted by Gasteiger charge is 2.38. The van der Waals surface area contributed by atoms with Crippen molar-refractivity contribution >= 4 is 17.4 Å². The Kier molecular flexibility index (Phi) is 9.44. The normalized spacial score (nSPS) is 18.5. The van der Waals surface area contributed by atoms with Gasteiger partial charge in [0.1, 0.15) is 11.6 Å². The van der Waals surface area contributed by atoms with Crippen LogP contribution in [0.4, 0.5) is 24.8 Å². The van der Waals surface area contributed by atoms with E-state index in [-0.39, 0.29) is 17.4 Å². The molecule has 0 spiro atoms. The number of nitrogens with zero attached hydrogens (tertiary/aromatic N) is 6. The third-order valence-corrected chi connectivity index (χ3v) is 7.77. The van der Waals surface area contributed by atoms with Gasteiger partial charge in [0.15, 0.2) is 5.78 Å². The molecule has 0 aliphatic carbocycles. The number of carbonyl (C=O) groups excluding carboxylic acids is 1. The maximum Gasteiger partial charge on any atom is 0.451 e. The van der Waals surface area contributed by atoms with E-state index in [0.29, 0.717) is 56.8 Å². The first-order valence-corrected chi connectivity index (χ1v) is 13.8. The molecule has 1 atom stereocenters. The van der Waals surface area contributed by atoms with Crippen LogP contribution in [-0.2, 0) is 17.4 Å². The zero-order valence-corrected chi connectivity index (χ0v) is 22.8. The van der Waals surface area contributed by atoms with Gasteiger partial charge in [-0.05, 0) is 89.2 Å². The van der Waals surface area contributed by atoms with Gasteiger partial charge in [0.2, 0.25) is 5.82 Å². The summed E-state index contributed by atoms with van der Waals surface area (Å²) >= 11 is 0. The Labute approximate surface area is 228 Å². The van der Waals surface area contributed by atoms with E-state index in [1.54, 1.807) is 23.1 Å². The highest BCUT2D eigenvalue weighted by molar-refractivity contribution is 5.87. The van der Waals surface area contributed by atoms with Crippen LogP contribution in [-0.4, -0.2) is 67.0 Å². The number of piperidine rings is 1. The molecule has 10 heteroatoms. The number of rotatable bonds is 10. The van der Waals surface area contributed by atoms with Crippen molar-refractivity contribution in [2.75, 3.05) is 50.1 Å². The number of benzene rings is 1. The monoisotopic (exact) mass is 542 g/mol. The average molecular weight is 543 g/mol. The number of ketones is 1. The van der Waals surface area contributed by atoms with Gasteiger partial charge < -0.3 is 14.7 Å². The lowest BCUT2D eigenvalue weighted by atomic mass is 9.93. The number of nitriles is 1. The van der Waals surface area contributed by atoms with Crippen LogP contribution in [0.15, 0.2) is 30.3 Å². The van der Waals surface area contributed by atoms with Crippen molar-refractivity contribution in [3.63, 3.8) is 0 Å². The predicted octanol–water partition coefficient (Wildman–Crippen LogP) is 5.10. The van der Waals surface area contributed by atoms with Crippen molar-refractivity contribution < 1.29 is 18.0 Å². The first-order chi connectivity index (χ1) is 18.6. The van der Waals surface area contributed by atoms with E-state index in [2.05, 4.69) is 20.9 Å². The molecule has 0 amide bonds. The second kappa shape index (κ2) is 12.8. The number of carbonyl (C=O) groups is 1. The van der Waals surface area contributed by atoms with Gasteiger partial charge in [-0.25, -0.2) is 9.97 Å². The van der Waals surface area contributed by atoms with E-state index in [1.165, 1.54) is 0 Å². The van der Waals surface area contributed by atoms with Gasteiger partial charge in [0.25, 0.3) is 0 Å². The van der Waals surface area contributed by atoms with E-state index in [1.807, 2.05) is 31.1 Å². The van der Waals surface area contributed by atoms with Crippen molar-refractivity contribution in [1.82, 2.24) is 14.9 Å². The summed E-state index contributed by atoms with van der Waals surface area (Å²) in [6.07, 6.45) is 1.24. The van der Waals surface area contributed by atoms with E-state index in [0.717, 1.165) is 37.8 Å². The maximum atomic E-state index is 13.8. The van der Waals surface area contributed by atoms with Gasteiger partial charge in [0.05, 0.1) is 17.7 Å². The summed E-state index contributed by atoms with van der Waals surface area (Å²) in [5, 5.41) is 8.94. The minimum absolute atomic E-state index is 0.0246. The molecule has 2 aromatic rings. The molecular weight excluding hydrogens is 505 g/mol. The fourth-order valence-electron chi connectivity index (χ4n) is 5.50. The first kappa shape index (κ1) is 28.8. The third kappa shape index (κ3) is 7.69. The predicted molar refractivity (Wildman–Crippen MR) is 145 cm³/mol. The Morgan fingerprint density at radius 2 is 1.77 bits per heavy atom. The van der Waals surface area contributed by atoms with Crippen molar-refractivity contribution in [1.29, 1.82) is 5.26 Å². The largest absolute Gasteiger partial charge is 0.451 e. The molecule has 1 aromatic carbocycles. The highest BCUT2D eigenvalue weighted by Crippen LogP contribution is 2.34. The molecule has 39 heavy (non-hydrogen) atoms. The molecule has 0 unspecified atom stereocenters. The van der Waals surface area contributed by atoms with Crippen molar-refractivity contribution in [3.8, 4) is 6.07 Å². The minimum atomic E-state index is -4.67. The van der Waals surface area contributed by atoms with Gasteiger partial charge in [-0.15, -0.1) is 0 Å². The summed E-state index contributed by atoms with van der Waals surface area (Å²) in [5.74, 6) is -0.0978. The number of halogens is 3. The van der Waals surface area contributed by atoms with Gasteiger partial charge in [-0.3, -0.25) is 4.79 Å². The molecule has 2 saturated heterocycles. The molecule has 2 aliphatic heterocycles. The lowest BCUT2D eigenvalue weighted by Crippen LogP contribution is -2.38. The van der Waals surface area contributed by atoms with E-state index < -0.39 is 18.0 Å². The molecule has 0 saturated carbocycles. The van der Waals surface area contributed by atoms with Crippen LogP contribution in [0.2, 0.25) is 0 Å². The van der Waals surface area contributed by atoms with Crippen LogP contribution in [0.1, 0.15) is 61.9 Å². The lowest BCUT2D eigenvalue weighted by molar-refractivity contribution is -0.144. The molecule has 0 N–H and O–H groups in total. The standard InChI is InChI=1S/C29H37F3N6O/c1-36(2)16-12-22-13-17-37(18-14-22)26-19-27(35-28(34-26)29(30,31)32)38-15-4-6-24(38)25(39)7-3-5-21-8-10-23(20-33)11-9-21/h8-11,19,22,24H,3-7,12-18H2,1-2H3/t24-/m0/s1. The Hall–Kier alpha value is -3.19. The summed E-state index contributed by atoms with van der Waals surface area (Å²) in [5.41, 5.74) is 1.64. The molecule has 7 nitrogen and oxygen atoms in total. The zero-order valence-electron chi connectivity index (χ0n) is 22.8. The number of hydrogen-bond acceptors (Lipinski definition) is 7. The van der Waals surface area contributed by atoms with E-state index in [9.17, 15) is 18.0 Å². The third-order valence-electron chi connectivity index (χ3n) is 7.77. The fourth-order valence-corrected chi connectivity index (χ4v) is 5.50. The van der Waals surface area contributed by atoms with Crippen LogP contribution in [0.3, 0.4) is 0 Å². The summed E-state index contributed by atoms with van der Waals surface area (Å²) in [7, 11) is 4.09. The van der Waals surface area contributed by atoms with E-state index >= 15 is 0 Å². The van der Waals surface area contributed by atoms with Crippen LogP contribution >= 0.6 is 0 Å². The number of anilines is 2. The second-order valence-corrected chi connectivity index (χ2v) is 10.9. The Balaban J connectivity index is 1.44. The maximum absolute atomic E-state index is 13.8. The van der Waals surface area contributed by atoms with Crippen molar-refractivity contribution in [3.05, 3.63) is 47.3 Å². The van der Waals surface area contributed by atoms with Gasteiger partial charge >= 0.3 is 6.18 Å². The van der Waals surface area contributed by atoms with Crippen LogP contribution in [0.5, 0.6) is 0 Å². The van der Waals surface area contributed by atoms with Crippen molar-refractivity contribution in [2.45, 2.75) is 63.6 Å². The molecule has 0 bridgehead atoms. The summed E-state index contributed by atoms with van der Waals surface area (Å²) in [6, 6.07) is 10.5. The molecule has 1 aromatic heterocycles. The highest BCUT2D eigenvalue weighted by atomic mass is 19.4. The summed E-state index contributed by atoms with van der Waals surface area (Å²) < 4.78 is 41.5. The Bertz CT molecular complexity index is 1150. The van der Waals surface area contributed by atoms with Gasteiger partial charge in [-0.1, -0.05) is 12.1 Å². The average Bonchev–Trinajstić information content (AvgIpc) is 3.42. The number of aryl methyl sites for hydroxylation is 1. The van der Waals surface area contributed by atoms with Crippen LogP contribution < -0.4 is 9.80 Å². The smallest absolute Gasteiger partial charge is 0.356 e. The summed E-state index contributed by atoms with van der Waals surface area (Å²) in [4.78, 5) is 26.8. The Morgan fingerprint density at radius 1 is 1.08 bits per heavy atom. The number of alkyl halides is 3. The van der Waals surface area contributed by atoms with Gasteiger partial charge in [0, 0.05) is 32.1 Å². The topological polar surface area (TPSA) is 76.4 Å². The van der Waals surface area contributed by atoms with Crippen LogP contribution in [0.25, 0.3) is 0 Å². The van der Waals surface area contributed by atoms with Crippen molar-refractivity contribution in [2.24, 2.45) is 5.92 Å². The van der Waals surface area contributed by atoms with E-state index in [4.69, 9.17) is 5.26 Å². The Morgan fingerprint density at radius 3 is 2.41 bits per heavy atom. The molecule has 0 radical (unpaired) electrons. The fraction of sp³-hybridized carbons (Fsp3) is 0.586. The molecule has 3 heterocycles. The molecule has 2 aliphatic rings. The number of hydrogen-bond donors (Lipinski definition) is 0. The first-order valence-electron chi connectivity index (χ1n) is 13.8. The summed E-state index contributed by atoms with van der Waals surface area (Å²) in [6.45, 7) is 2.80. The molecule has 2 fully saturated rings. The number of aromatic nitrogens is 2. The quantitative estimate of drug-likeness (QED) is 0.414. The van der Waals surface area contributed by atoms with Gasteiger partial charge in [-0.2, -0.15) is 18.4 Å². The SMILES string of the molecule is CN(C)CCC1CCN(c2cc(N3CCC[C@H]3C(=O)CCCc3ccc(C#N)cc3)nc(C(F)(F)F)n2)CC1. The molecule has 210 valence electrons. The lowest BCUT2D eigenvalue weighted by Gasteiger charge is -2.34. The minimum Gasteiger partial charge on any atom is -0.356 e. The molecular formula is C29H37F3N6O. The second-order valence-electron chi connectivity index (χ2n) is 10.9. The van der Waals surface area contributed by atoms with Crippen LogP contribution in [0, 0.1) is 17.2 Å².